The average Bonchev–Trinajstić information content (AvgIpc) is 2.47. The molecule has 0 fully saturated rings. The minimum atomic E-state index is 0.283. The van der Waals surface area contributed by atoms with Crippen molar-refractivity contribution >= 4 is 21.4 Å². The first-order valence-electron chi connectivity index (χ1n) is 4.29. The van der Waals surface area contributed by atoms with Gasteiger partial charge in [0.15, 0.2) is 0 Å². The second kappa shape index (κ2) is 3.32. The summed E-state index contributed by atoms with van der Waals surface area (Å²) >= 11 is 1.57. The van der Waals surface area contributed by atoms with E-state index in [1.54, 1.807) is 17.4 Å². The van der Waals surface area contributed by atoms with Crippen LogP contribution in [0.3, 0.4) is 0 Å². The summed E-state index contributed by atoms with van der Waals surface area (Å²) in [6.45, 7) is 2.01. The first-order valence-corrected chi connectivity index (χ1v) is 5.11. The molecule has 0 radical (unpaired) electrons. The van der Waals surface area contributed by atoms with Crippen molar-refractivity contribution in [2.24, 2.45) is 0 Å². The van der Waals surface area contributed by atoms with Gasteiger partial charge in [-0.3, -0.25) is 0 Å². The summed E-state index contributed by atoms with van der Waals surface area (Å²) in [5, 5.41) is 19.3. The molecular formula is C11H9NOS. The largest absolute Gasteiger partial charge is 0.506 e. The molecule has 0 unspecified atom stereocenters. The third-order valence-electron chi connectivity index (χ3n) is 2.06. The molecule has 70 valence electrons. The molecule has 0 aliphatic carbocycles. The number of phenols is 1. The van der Waals surface area contributed by atoms with Gasteiger partial charge in [-0.1, -0.05) is 0 Å². The molecule has 1 heterocycles. The first-order chi connectivity index (χ1) is 6.70. The maximum Gasteiger partial charge on any atom is 0.133 e. The number of hydrogen-bond acceptors (Lipinski definition) is 3. The Morgan fingerprint density at radius 3 is 2.93 bits per heavy atom. The summed E-state index contributed by atoms with van der Waals surface area (Å²) in [5.41, 5.74) is 0.871. The fourth-order valence-corrected chi connectivity index (χ4v) is 2.42. The molecule has 2 nitrogen and oxygen atoms in total. The molecule has 0 aliphatic heterocycles. The number of benzene rings is 1. The fraction of sp³-hybridized carbons (Fsp3) is 0.182. The van der Waals surface area contributed by atoms with Crippen LogP contribution in [0.5, 0.6) is 5.75 Å². The lowest BCUT2D eigenvalue weighted by molar-refractivity contribution is 0.482. The minimum Gasteiger partial charge on any atom is -0.506 e. The molecule has 1 aromatic heterocycles. The normalized spacial score (nSPS) is 10.3. The number of nitriles is 1. The van der Waals surface area contributed by atoms with Crippen LogP contribution in [0.2, 0.25) is 0 Å². The zero-order valence-corrected chi connectivity index (χ0v) is 8.56. The molecule has 1 N–H and O–H groups in total. The Labute approximate surface area is 86.0 Å². The molecule has 0 bridgehead atoms. The predicted molar refractivity (Wildman–Crippen MR) is 57.5 cm³/mol. The Morgan fingerprint density at radius 2 is 2.21 bits per heavy atom. The number of aromatic hydroxyl groups is 1. The Hall–Kier alpha value is -1.53. The van der Waals surface area contributed by atoms with E-state index in [4.69, 9.17) is 5.26 Å². The lowest BCUT2D eigenvalue weighted by Gasteiger charge is -1.98. The Morgan fingerprint density at radius 1 is 1.43 bits per heavy atom. The monoisotopic (exact) mass is 203 g/mol. The molecular weight excluding hydrogens is 194 g/mol. The van der Waals surface area contributed by atoms with Crippen molar-refractivity contribution in [3.8, 4) is 11.8 Å². The highest BCUT2D eigenvalue weighted by molar-refractivity contribution is 7.19. The third kappa shape index (κ3) is 1.45. The van der Waals surface area contributed by atoms with Crippen molar-refractivity contribution in [1.82, 2.24) is 0 Å². The van der Waals surface area contributed by atoms with Crippen LogP contribution >= 0.6 is 11.3 Å². The Bertz CT molecular complexity index is 522. The fourth-order valence-electron chi connectivity index (χ4n) is 1.52. The van der Waals surface area contributed by atoms with Crippen molar-refractivity contribution in [3.05, 3.63) is 28.6 Å². The standard InChI is InChI=1S/C11H9NOS/c1-7-4-9-5-8(2-3-12)6-10(13)11(9)14-7/h4-6,13H,2H2,1H3. The molecule has 2 rings (SSSR count). The lowest BCUT2D eigenvalue weighted by atomic mass is 10.1. The van der Waals surface area contributed by atoms with Crippen molar-refractivity contribution in [1.29, 1.82) is 5.26 Å². The summed E-state index contributed by atoms with van der Waals surface area (Å²) in [6, 6.07) is 7.73. The number of hydrogen-bond donors (Lipinski definition) is 1. The van der Waals surface area contributed by atoms with Crippen LogP contribution in [0.15, 0.2) is 18.2 Å². The van der Waals surface area contributed by atoms with Gasteiger partial charge in [0.1, 0.15) is 5.75 Å². The summed E-state index contributed by atoms with van der Waals surface area (Å²) in [7, 11) is 0. The molecule has 2 aromatic rings. The minimum absolute atomic E-state index is 0.283. The van der Waals surface area contributed by atoms with E-state index < -0.39 is 0 Å². The highest BCUT2D eigenvalue weighted by atomic mass is 32.1. The zero-order chi connectivity index (χ0) is 10.1. The van der Waals surface area contributed by atoms with Gasteiger partial charge in [-0.15, -0.1) is 11.3 Å². The molecule has 14 heavy (non-hydrogen) atoms. The van der Waals surface area contributed by atoms with Crippen LogP contribution in [0, 0.1) is 18.3 Å². The maximum atomic E-state index is 9.69. The van der Waals surface area contributed by atoms with Gasteiger partial charge >= 0.3 is 0 Å². The third-order valence-corrected chi connectivity index (χ3v) is 3.15. The van der Waals surface area contributed by atoms with Gasteiger partial charge in [0, 0.05) is 4.88 Å². The van der Waals surface area contributed by atoms with E-state index in [1.807, 2.05) is 19.1 Å². The van der Waals surface area contributed by atoms with Gasteiger partial charge in [-0.2, -0.15) is 5.26 Å². The molecule has 0 saturated carbocycles. The Kier molecular flexibility index (Phi) is 2.14. The number of thiophene rings is 1. The van der Waals surface area contributed by atoms with Crippen molar-refractivity contribution < 1.29 is 5.11 Å². The van der Waals surface area contributed by atoms with Gasteiger partial charge in [0.25, 0.3) is 0 Å². The quantitative estimate of drug-likeness (QED) is 0.774. The van der Waals surface area contributed by atoms with E-state index >= 15 is 0 Å². The number of aryl methyl sites for hydroxylation is 1. The number of fused-ring (bicyclic) bond motifs is 1. The molecule has 0 saturated heterocycles. The summed E-state index contributed by atoms with van der Waals surface area (Å²) < 4.78 is 0.907. The van der Waals surface area contributed by atoms with Crippen LogP contribution in [0.25, 0.3) is 10.1 Å². The van der Waals surface area contributed by atoms with E-state index in [-0.39, 0.29) is 5.75 Å². The predicted octanol–water partition coefficient (Wildman–Crippen LogP) is 2.98. The topological polar surface area (TPSA) is 44.0 Å². The maximum absolute atomic E-state index is 9.69. The SMILES string of the molecule is Cc1cc2cc(CC#N)cc(O)c2s1. The van der Waals surface area contributed by atoms with E-state index in [2.05, 4.69) is 6.07 Å². The zero-order valence-electron chi connectivity index (χ0n) is 7.74. The van der Waals surface area contributed by atoms with Crippen molar-refractivity contribution in [2.45, 2.75) is 13.3 Å². The first kappa shape index (κ1) is 9.04. The van der Waals surface area contributed by atoms with Gasteiger partial charge in [-0.25, -0.2) is 0 Å². The van der Waals surface area contributed by atoms with Gasteiger partial charge in [-0.05, 0) is 36.1 Å². The highest BCUT2D eigenvalue weighted by Gasteiger charge is 2.05. The van der Waals surface area contributed by atoms with Gasteiger partial charge in [0.2, 0.25) is 0 Å². The average molecular weight is 203 g/mol. The van der Waals surface area contributed by atoms with Gasteiger partial charge < -0.3 is 5.11 Å². The van der Waals surface area contributed by atoms with Crippen LogP contribution in [-0.4, -0.2) is 5.11 Å². The van der Waals surface area contributed by atoms with Crippen LogP contribution in [-0.2, 0) is 6.42 Å². The summed E-state index contributed by atoms with van der Waals surface area (Å²) in [4.78, 5) is 1.17. The number of nitrogens with zero attached hydrogens (tertiary/aromatic N) is 1. The molecule has 0 amide bonds. The number of phenolic OH excluding ortho intramolecular Hbond substituents is 1. The smallest absolute Gasteiger partial charge is 0.133 e. The summed E-state index contributed by atoms with van der Waals surface area (Å²) in [5.74, 6) is 0.283. The summed E-state index contributed by atoms with van der Waals surface area (Å²) in [6.07, 6.45) is 0.346. The van der Waals surface area contributed by atoms with E-state index in [9.17, 15) is 5.11 Å². The highest BCUT2D eigenvalue weighted by Crippen LogP contribution is 2.33. The molecule has 0 aliphatic rings. The van der Waals surface area contributed by atoms with E-state index in [1.165, 1.54) is 4.88 Å². The second-order valence-corrected chi connectivity index (χ2v) is 4.48. The molecule has 1 aromatic carbocycles. The molecule has 0 spiro atoms. The van der Waals surface area contributed by atoms with Crippen LogP contribution < -0.4 is 0 Å². The van der Waals surface area contributed by atoms with Crippen molar-refractivity contribution in [3.63, 3.8) is 0 Å². The van der Waals surface area contributed by atoms with Crippen molar-refractivity contribution in [2.75, 3.05) is 0 Å². The van der Waals surface area contributed by atoms with Gasteiger partial charge in [0.05, 0.1) is 17.2 Å². The van der Waals surface area contributed by atoms with E-state index in [0.29, 0.717) is 6.42 Å². The number of rotatable bonds is 1. The molecule has 3 heteroatoms. The van der Waals surface area contributed by atoms with Crippen LogP contribution in [0.4, 0.5) is 0 Å². The Balaban J connectivity index is 2.66. The van der Waals surface area contributed by atoms with E-state index in [0.717, 1.165) is 15.6 Å². The molecule has 0 atom stereocenters. The van der Waals surface area contributed by atoms with Crippen LogP contribution in [0.1, 0.15) is 10.4 Å². The second-order valence-electron chi connectivity index (χ2n) is 3.23. The lowest BCUT2D eigenvalue weighted by Crippen LogP contribution is -1.80.